The Kier molecular flexibility index (Phi) is 5.24. The van der Waals surface area contributed by atoms with Gasteiger partial charge in [0, 0.05) is 18.5 Å². The first kappa shape index (κ1) is 18.4. The first-order valence-corrected chi connectivity index (χ1v) is 9.95. The number of nitrogens with one attached hydrogen (secondary N) is 1. The molecule has 1 fully saturated rings. The summed E-state index contributed by atoms with van der Waals surface area (Å²) < 4.78 is 0. The van der Waals surface area contributed by atoms with E-state index in [0.717, 1.165) is 42.4 Å². The lowest BCUT2D eigenvalue weighted by Gasteiger charge is -2.24. The summed E-state index contributed by atoms with van der Waals surface area (Å²) in [6.07, 6.45) is 2.65. The maximum Gasteiger partial charge on any atom is 0.242 e. The quantitative estimate of drug-likeness (QED) is 0.742. The first-order chi connectivity index (χ1) is 13.6. The van der Waals surface area contributed by atoms with Gasteiger partial charge in [0.25, 0.3) is 0 Å². The number of aryl methyl sites for hydroxylation is 2. The smallest absolute Gasteiger partial charge is 0.242 e. The molecular weight excluding hydrogens is 348 g/mol. The maximum atomic E-state index is 12.8. The van der Waals surface area contributed by atoms with Gasteiger partial charge in [0.2, 0.25) is 11.9 Å². The summed E-state index contributed by atoms with van der Waals surface area (Å²) in [5.41, 5.74) is 4.36. The third-order valence-electron chi connectivity index (χ3n) is 5.43. The Morgan fingerprint density at radius 1 is 1.11 bits per heavy atom. The zero-order chi connectivity index (χ0) is 19.5. The Hall–Kier alpha value is -2.95. The minimum atomic E-state index is -0.196. The SMILES string of the molecule is Cc1ccc(CCNC(=O)[C@@H]2CCCN2c2nc(C)c3ccccc3n2)cc1. The number of benzene rings is 2. The summed E-state index contributed by atoms with van der Waals surface area (Å²) >= 11 is 0. The van der Waals surface area contributed by atoms with Crippen molar-refractivity contribution in [3.63, 3.8) is 0 Å². The summed E-state index contributed by atoms with van der Waals surface area (Å²) in [5.74, 6) is 0.728. The molecular formula is C23H26N4O. The fourth-order valence-electron chi connectivity index (χ4n) is 3.83. The number of carbonyl (C=O) groups excluding carboxylic acids is 1. The highest BCUT2D eigenvalue weighted by molar-refractivity contribution is 5.86. The van der Waals surface area contributed by atoms with Gasteiger partial charge in [-0.05, 0) is 44.7 Å². The Bertz CT molecular complexity index is 984. The molecule has 1 N–H and O–H groups in total. The van der Waals surface area contributed by atoms with E-state index in [1.54, 1.807) is 0 Å². The van der Waals surface area contributed by atoms with Gasteiger partial charge in [0.15, 0.2) is 0 Å². The highest BCUT2D eigenvalue weighted by atomic mass is 16.2. The second kappa shape index (κ2) is 7.97. The average molecular weight is 374 g/mol. The molecule has 1 aliphatic heterocycles. The Balaban J connectivity index is 1.44. The van der Waals surface area contributed by atoms with Crippen LogP contribution in [0.1, 0.15) is 29.7 Å². The molecule has 0 unspecified atom stereocenters. The van der Waals surface area contributed by atoms with Crippen LogP contribution in [0.2, 0.25) is 0 Å². The predicted octanol–water partition coefficient (Wildman–Crippen LogP) is 3.57. The molecule has 5 nitrogen and oxygen atoms in total. The molecule has 1 amide bonds. The van der Waals surface area contributed by atoms with Gasteiger partial charge in [-0.2, -0.15) is 0 Å². The zero-order valence-corrected chi connectivity index (χ0v) is 16.5. The minimum absolute atomic E-state index is 0.0685. The number of anilines is 1. The molecule has 1 aliphatic rings. The van der Waals surface area contributed by atoms with E-state index < -0.39 is 0 Å². The van der Waals surface area contributed by atoms with Crippen molar-refractivity contribution >= 4 is 22.8 Å². The number of carbonyl (C=O) groups is 1. The molecule has 2 heterocycles. The molecule has 1 atom stereocenters. The topological polar surface area (TPSA) is 58.1 Å². The van der Waals surface area contributed by atoms with Crippen molar-refractivity contribution in [3.8, 4) is 0 Å². The predicted molar refractivity (Wildman–Crippen MR) is 113 cm³/mol. The number of nitrogens with zero attached hydrogens (tertiary/aromatic N) is 3. The molecule has 2 aromatic carbocycles. The standard InChI is InChI=1S/C23H26N4O/c1-16-9-11-18(12-10-16)13-14-24-22(28)21-8-5-15-27(21)23-25-17(2)19-6-3-4-7-20(19)26-23/h3-4,6-7,9-12,21H,5,8,13-15H2,1-2H3,(H,24,28)/t21-/m0/s1. The van der Waals surface area contributed by atoms with Crippen LogP contribution in [0.15, 0.2) is 48.5 Å². The summed E-state index contributed by atoms with van der Waals surface area (Å²) in [7, 11) is 0. The summed E-state index contributed by atoms with van der Waals surface area (Å²) in [5, 5.41) is 4.16. The third kappa shape index (κ3) is 3.84. The van der Waals surface area contributed by atoms with E-state index in [4.69, 9.17) is 4.98 Å². The van der Waals surface area contributed by atoms with E-state index in [0.29, 0.717) is 12.5 Å². The minimum Gasteiger partial charge on any atom is -0.354 e. The Labute approximate surface area is 165 Å². The van der Waals surface area contributed by atoms with Crippen LogP contribution in [-0.2, 0) is 11.2 Å². The van der Waals surface area contributed by atoms with Gasteiger partial charge in [0.05, 0.1) is 11.2 Å². The number of amides is 1. The van der Waals surface area contributed by atoms with E-state index in [1.807, 2.05) is 31.2 Å². The van der Waals surface area contributed by atoms with Crippen LogP contribution in [0.25, 0.3) is 10.9 Å². The van der Waals surface area contributed by atoms with Gasteiger partial charge in [-0.3, -0.25) is 4.79 Å². The van der Waals surface area contributed by atoms with Gasteiger partial charge in [0.1, 0.15) is 6.04 Å². The summed E-state index contributed by atoms with van der Waals surface area (Å²) in [6, 6.07) is 16.3. The van der Waals surface area contributed by atoms with Crippen molar-refractivity contribution in [2.45, 2.75) is 39.2 Å². The molecule has 144 valence electrons. The van der Waals surface area contributed by atoms with Crippen LogP contribution >= 0.6 is 0 Å². The fourth-order valence-corrected chi connectivity index (χ4v) is 3.83. The molecule has 1 aromatic heterocycles. The van der Waals surface area contributed by atoms with Crippen LogP contribution < -0.4 is 10.2 Å². The molecule has 5 heteroatoms. The van der Waals surface area contributed by atoms with E-state index >= 15 is 0 Å². The van der Waals surface area contributed by atoms with Gasteiger partial charge in [-0.1, -0.05) is 48.0 Å². The van der Waals surface area contributed by atoms with Crippen LogP contribution in [0.3, 0.4) is 0 Å². The molecule has 4 rings (SSSR count). The van der Waals surface area contributed by atoms with Crippen molar-refractivity contribution in [1.29, 1.82) is 0 Å². The van der Waals surface area contributed by atoms with E-state index in [2.05, 4.69) is 46.4 Å². The van der Waals surface area contributed by atoms with E-state index in [9.17, 15) is 4.79 Å². The lowest BCUT2D eigenvalue weighted by atomic mass is 10.1. The lowest BCUT2D eigenvalue weighted by molar-refractivity contribution is -0.122. The maximum absolute atomic E-state index is 12.8. The Morgan fingerprint density at radius 3 is 2.71 bits per heavy atom. The van der Waals surface area contributed by atoms with Crippen molar-refractivity contribution in [3.05, 3.63) is 65.4 Å². The number of rotatable bonds is 5. The van der Waals surface area contributed by atoms with E-state index in [-0.39, 0.29) is 11.9 Å². The monoisotopic (exact) mass is 374 g/mol. The van der Waals surface area contributed by atoms with Crippen molar-refractivity contribution in [2.24, 2.45) is 0 Å². The molecule has 3 aromatic rings. The van der Waals surface area contributed by atoms with Crippen LogP contribution in [0.5, 0.6) is 0 Å². The van der Waals surface area contributed by atoms with Crippen molar-refractivity contribution in [2.75, 3.05) is 18.0 Å². The largest absolute Gasteiger partial charge is 0.354 e. The van der Waals surface area contributed by atoms with Crippen LogP contribution in [0.4, 0.5) is 5.95 Å². The number of fused-ring (bicyclic) bond motifs is 1. The van der Waals surface area contributed by atoms with Gasteiger partial charge >= 0.3 is 0 Å². The fraction of sp³-hybridized carbons (Fsp3) is 0.348. The number of para-hydroxylation sites is 1. The molecule has 0 aliphatic carbocycles. The third-order valence-corrected chi connectivity index (χ3v) is 5.43. The van der Waals surface area contributed by atoms with Crippen LogP contribution in [0, 0.1) is 13.8 Å². The molecule has 28 heavy (non-hydrogen) atoms. The zero-order valence-electron chi connectivity index (χ0n) is 16.5. The molecule has 0 spiro atoms. The molecule has 0 saturated carbocycles. The summed E-state index contributed by atoms with van der Waals surface area (Å²) in [4.78, 5) is 24.3. The highest BCUT2D eigenvalue weighted by Gasteiger charge is 2.32. The van der Waals surface area contributed by atoms with Gasteiger partial charge in [-0.25, -0.2) is 9.97 Å². The summed E-state index contributed by atoms with van der Waals surface area (Å²) in [6.45, 7) is 5.54. The normalized spacial score (nSPS) is 16.5. The molecule has 0 bridgehead atoms. The van der Waals surface area contributed by atoms with E-state index in [1.165, 1.54) is 11.1 Å². The van der Waals surface area contributed by atoms with Crippen molar-refractivity contribution in [1.82, 2.24) is 15.3 Å². The number of aromatic nitrogens is 2. The van der Waals surface area contributed by atoms with Gasteiger partial charge in [-0.15, -0.1) is 0 Å². The van der Waals surface area contributed by atoms with Crippen LogP contribution in [-0.4, -0.2) is 35.0 Å². The van der Waals surface area contributed by atoms with Gasteiger partial charge < -0.3 is 10.2 Å². The molecule has 0 radical (unpaired) electrons. The average Bonchev–Trinajstić information content (AvgIpc) is 3.19. The second-order valence-electron chi connectivity index (χ2n) is 7.50. The number of hydrogen-bond acceptors (Lipinski definition) is 4. The number of hydrogen-bond donors (Lipinski definition) is 1. The first-order valence-electron chi connectivity index (χ1n) is 9.95. The van der Waals surface area contributed by atoms with Crippen molar-refractivity contribution < 1.29 is 4.79 Å². The highest BCUT2D eigenvalue weighted by Crippen LogP contribution is 2.25. The lowest BCUT2D eigenvalue weighted by Crippen LogP contribution is -2.44. The molecule has 1 saturated heterocycles. The Morgan fingerprint density at radius 2 is 1.89 bits per heavy atom. The second-order valence-corrected chi connectivity index (χ2v) is 7.50.